The van der Waals surface area contributed by atoms with Crippen LogP contribution in [-0.4, -0.2) is 41.3 Å². The van der Waals surface area contributed by atoms with Gasteiger partial charge in [-0.3, -0.25) is 14.6 Å². The molecule has 2 aliphatic rings. The van der Waals surface area contributed by atoms with Crippen LogP contribution in [0.3, 0.4) is 0 Å². The predicted octanol–water partition coefficient (Wildman–Crippen LogP) is 2.80. The number of carbonyl (C=O) groups excluding carboxylic acids is 2. The molecule has 2 aliphatic heterocycles. The molecule has 24 heavy (non-hydrogen) atoms. The molecule has 2 aromatic heterocycles. The highest BCUT2D eigenvalue weighted by atomic mass is 32.1. The molecule has 0 aromatic carbocycles. The average molecular weight is 341 g/mol. The molecule has 0 N–H and O–H groups in total. The van der Waals surface area contributed by atoms with Crippen molar-refractivity contribution in [1.82, 2.24) is 9.88 Å². The average Bonchev–Trinajstić information content (AvgIpc) is 3.25. The minimum Gasteiger partial charge on any atom is -0.338 e. The Labute approximate surface area is 144 Å². The molecule has 2 saturated heterocycles. The highest BCUT2D eigenvalue weighted by Gasteiger charge is 2.50. The highest BCUT2D eigenvalue weighted by molar-refractivity contribution is 7.08. The molecule has 4 heterocycles. The van der Waals surface area contributed by atoms with Crippen LogP contribution in [0.4, 0.5) is 5.69 Å². The second kappa shape index (κ2) is 6.02. The van der Waals surface area contributed by atoms with Crippen LogP contribution >= 0.6 is 11.3 Å². The zero-order valence-electron chi connectivity index (χ0n) is 13.4. The van der Waals surface area contributed by atoms with Crippen molar-refractivity contribution in [2.75, 3.05) is 24.5 Å². The Morgan fingerprint density at radius 1 is 1.25 bits per heavy atom. The number of hydrogen-bond acceptors (Lipinski definition) is 4. The molecular weight excluding hydrogens is 322 g/mol. The van der Waals surface area contributed by atoms with Gasteiger partial charge in [0, 0.05) is 37.4 Å². The van der Waals surface area contributed by atoms with E-state index >= 15 is 0 Å². The third-order valence-electron chi connectivity index (χ3n) is 5.10. The largest absolute Gasteiger partial charge is 0.338 e. The van der Waals surface area contributed by atoms with E-state index in [9.17, 15) is 9.59 Å². The summed E-state index contributed by atoms with van der Waals surface area (Å²) in [6.45, 7) is 1.96. The molecule has 2 fully saturated rings. The summed E-state index contributed by atoms with van der Waals surface area (Å²) in [7, 11) is 0. The summed E-state index contributed by atoms with van der Waals surface area (Å²) in [5.41, 5.74) is 1.16. The van der Waals surface area contributed by atoms with Crippen molar-refractivity contribution in [3.8, 4) is 0 Å². The Kier molecular flexibility index (Phi) is 3.84. The lowest BCUT2D eigenvalue weighted by Crippen LogP contribution is -2.49. The van der Waals surface area contributed by atoms with Crippen molar-refractivity contribution in [2.24, 2.45) is 5.41 Å². The normalized spacial score (nSPS) is 23.9. The number of anilines is 1. The molecule has 124 valence electrons. The summed E-state index contributed by atoms with van der Waals surface area (Å²) in [4.78, 5) is 33.5. The monoisotopic (exact) mass is 341 g/mol. The topological polar surface area (TPSA) is 53.5 Å². The molecule has 0 radical (unpaired) electrons. The number of aromatic nitrogens is 1. The molecule has 0 unspecified atom stereocenters. The quantitative estimate of drug-likeness (QED) is 0.844. The lowest BCUT2D eigenvalue weighted by atomic mass is 9.78. The van der Waals surface area contributed by atoms with E-state index in [2.05, 4.69) is 4.98 Å². The number of rotatable bonds is 2. The fraction of sp³-hybridized carbons (Fsp3) is 0.389. The summed E-state index contributed by atoms with van der Waals surface area (Å²) >= 11 is 1.60. The number of nitrogens with zero attached hydrogens (tertiary/aromatic N) is 3. The molecule has 0 bridgehead atoms. The van der Waals surface area contributed by atoms with Gasteiger partial charge in [0.15, 0.2) is 0 Å². The molecule has 2 aromatic rings. The SMILES string of the molecule is O=C(c1cccnc1)N1CCC[C@@]2(CCN(c3ccsc3)C2=O)C1. The maximum absolute atomic E-state index is 13.1. The van der Waals surface area contributed by atoms with Crippen LogP contribution in [0.5, 0.6) is 0 Å². The van der Waals surface area contributed by atoms with Crippen LogP contribution < -0.4 is 4.90 Å². The van der Waals surface area contributed by atoms with Gasteiger partial charge in [-0.2, -0.15) is 11.3 Å². The van der Waals surface area contributed by atoms with Gasteiger partial charge in [0.05, 0.1) is 16.7 Å². The summed E-state index contributed by atoms with van der Waals surface area (Å²) in [6.07, 6.45) is 5.81. The lowest BCUT2D eigenvalue weighted by molar-refractivity contribution is -0.127. The van der Waals surface area contributed by atoms with E-state index in [1.54, 1.807) is 35.9 Å². The molecule has 4 rings (SSSR count). The first-order chi connectivity index (χ1) is 11.7. The summed E-state index contributed by atoms with van der Waals surface area (Å²) in [6, 6.07) is 5.54. The Hall–Kier alpha value is -2.21. The van der Waals surface area contributed by atoms with Gasteiger partial charge in [0.25, 0.3) is 5.91 Å². The van der Waals surface area contributed by atoms with Crippen molar-refractivity contribution >= 4 is 28.8 Å². The predicted molar refractivity (Wildman–Crippen MR) is 93.1 cm³/mol. The van der Waals surface area contributed by atoms with Crippen molar-refractivity contribution in [3.05, 3.63) is 46.9 Å². The van der Waals surface area contributed by atoms with Gasteiger partial charge in [-0.05, 0) is 42.8 Å². The van der Waals surface area contributed by atoms with Crippen molar-refractivity contribution < 1.29 is 9.59 Å². The van der Waals surface area contributed by atoms with Crippen LogP contribution in [0.2, 0.25) is 0 Å². The number of carbonyl (C=O) groups is 2. The van der Waals surface area contributed by atoms with Crippen molar-refractivity contribution in [2.45, 2.75) is 19.3 Å². The van der Waals surface area contributed by atoms with E-state index < -0.39 is 5.41 Å². The summed E-state index contributed by atoms with van der Waals surface area (Å²) in [5.74, 6) is 0.147. The van der Waals surface area contributed by atoms with Gasteiger partial charge in [0.1, 0.15) is 0 Å². The van der Waals surface area contributed by atoms with Crippen LogP contribution in [0, 0.1) is 5.41 Å². The van der Waals surface area contributed by atoms with E-state index in [0.29, 0.717) is 18.7 Å². The van der Waals surface area contributed by atoms with Crippen LogP contribution in [0.25, 0.3) is 0 Å². The van der Waals surface area contributed by atoms with Crippen molar-refractivity contribution in [3.63, 3.8) is 0 Å². The van der Waals surface area contributed by atoms with Crippen molar-refractivity contribution in [1.29, 1.82) is 0 Å². The Bertz CT molecular complexity index is 747. The van der Waals surface area contributed by atoms with Crippen LogP contribution in [0.1, 0.15) is 29.6 Å². The number of pyridine rings is 1. The third kappa shape index (κ3) is 2.51. The first-order valence-corrected chi connectivity index (χ1v) is 9.17. The number of hydrogen-bond donors (Lipinski definition) is 0. The molecule has 5 nitrogen and oxygen atoms in total. The Balaban J connectivity index is 1.55. The fourth-order valence-electron chi connectivity index (χ4n) is 3.83. The number of likely N-dealkylation sites (tertiary alicyclic amines) is 1. The molecule has 0 saturated carbocycles. The molecule has 0 aliphatic carbocycles. The van der Waals surface area contributed by atoms with Gasteiger partial charge >= 0.3 is 0 Å². The number of amides is 2. The second-order valence-electron chi connectivity index (χ2n) is 6.54. The lowest BCUT2D eigenvalue weighted by Gasteiger charge is -2.39. The minimum absolute atomic E-state index is 0.0241. The number of thiophene rings is 1. The zero-order valence-corrected chi connectivity index (χ0v) is 14.2. The van der Waals surface area contributed by atoms with Gasteiger partial charge in [-0.15, -0.1) is 0 Å². The van der Waals surface area contributed by atoms with Gasteiger partial charge in [0.2, 0.25) is 5.91 Å². The molecule has 1 atom stereocenters. The smallest absolute Gasteiger partial charge is 0.255 e. The van der Waals surface area contributed by atoms with E-state index in [0.717, 1.165) is 31.5 Å². The fourth-order valence-corrected chi connectivity index (χ4v) is 4.48. The first kappa shape index (κ1) is 15.3. The third-order valence-corrected chi connectivity index (χ3v) is 5.77. The van der Waals surface area contributed by atoms with E-state index in [1.807, 2.05) is 26.6 Å². The van der Waals surface area contributed by atoms with Crippen LogP contribution in [0.15, 0.2) is 41.4 Å². The Morgan fingerprint density at radius 3 is 2.92 bits per heavy atom. The minimum atomic E-state index is -0.419. The summed E-state index contributed by atoms with van der Waals surface area (Å²) < 4.78 is 0. The Morgan fingerprint density at radius 2 is 2.17 bits per heavy atom. The summed E-state index contributed by atoms with van der Waals surface area (Å²) in [5, 5.41) is 4.00. The molecule has 6 heteroatoms. The van der Waals surface area contributed by atoms with E-state index in [4.69, 9.17) is 0 Å². The second-order valence-corrected chi connectivity index (χ2v) is 7.32. The van der Waals surface area contributed by atoms with Gasteiger partial charge in [-0.25, -0.2) is 0 Å². The maximum atomic E-state index is 13.1. The molecule has 2 amide bonds. The van der Waals surface area contributed by atoms with E-state index in [1.165, 1.54) is 0 Å². The standard InChI is InChI=1S/C18H19N3O2S/c22-16(14-3-1-7-19-11-14)20-8-2-5-18(13-20)6-9-21(17(18)23)15-4-10-24-12-15/h1,3-4,7,10-12H,2,5-6,8-9,13H2/t18-/m1/s1. The molecule has 1 spiro atoms. The van der Waals surface area contributed by atoms with E-state index in [-0.39, 0.29) is 11.8 Å². The maximum Gasteiger partial charge on any atom is 0.255 e. The van der Waals surface area contributed by atoms with Gasteiger partial charge < -0.3 is 9.80 Å². The highest BCUT2D eigenvalue weighted by Crippen LogP contribution is 2.42. The number of piperidine rings is 1. The molecular formula is C18H19N3O2S. The first-order valence-electron chi connectivity index (χ1n) is 8.23. The zero-order chi connectivity index (χ0) is 16.6. The van der Waals surface area contributed by atoms with Crippen LogP contribution in [-0.2, 0) is 4.79 Å². The van der Waals surface area contributed by atoms with Gasteiger partial charge in [-0.1, -0.05) is 0 Å².